The minimum Gasteiger partial charge on any atom is -0.392 e. The maximum absolute atomic E-state index is 12.2. The number of hydrogen-bond acceptors (Lipinski definition) is 4. The summed E-state index contributed by atoms with van der Waals surface area (Å²) in [4.78, 5) is 12.2. The van der Waals surface area contributed by atoms with Gasteiger partial charge in [0, 0.05) is 25.2 Å². The highest BCUT2D eigenvalue weighted by molar-refractivity contribution is 5.81. The Kier molecular flexibility index (Phi) is 5.41. The van der Waals surface area contributed by atoms with E-state index in [9.17, 15) is 9.90 Å². The zero-order valence-corrected chi connectivity index (χ0v) is 12.4. The molecule has 3 atom stereocenters. The number of nitrogens with one attached hydrogen (secondary N) is 1. The smallest absolute Gasteiger partial charge is 0.237 e. The molecule has 1 aliphatic carbocycles. The largest absolute Gasteiger partial charge is 0.392 e. The van der Waals surface area contributed by atoms with E-state index in [2.05, 4.69) is 12.2 Å². The molecular weight excluding hydrogens is 256 g/mol. The molecule has 2 fully saturated rings. The third-order valence-corrected chi connectivity index (χ3v) is 5.02. The molecule has 4 N–H and O–H groups in total. The van der Waals surface area contributed by atoms with E-state index in [0.717, 1.165) is 38.5 Å². The van der Waals surface area contributed by atoms with E-state index in [1.54, 1.807) is 0 Å². The first-order valence-corrected chi connectivity index (χ1v) is 7.82. The van der Waals surface area contributed by atoms with Gasteiger partial charge in [0.2, 0.25) is 5.91 Å². The zero-order chi connectivity index (χ0) is 14.6. The molecule has 0 aromatic carbocycles. The molecule has 1 saturated carbocycles. The predicted molar refractivity (Wildman–Crippen MR) is 77.1 cm³/mol. The van der Waals surface area contributed by atoms with Gasteiger partial charge in [-0.2, -0.15) is 0 Å². The second-order valence-electron chi connectivity index (χ2n) is 6.61. The quantitative estimate of drug-likeness (QED) is 0.713. The van der Waals surface area contributed by atoms with Gasteiger partial charge >= 0.3 is 0 Å². The normalized spacial score (nSPS) is 33.6. The molecule has 0 spiro atoms. The lowest BCUT2D eigenvalue weighted by molar-refractivity contribution is -0.125. The summed E-state index contributed by atoms with van der Waals surface area (Å²) in [5.41, 5.74) is 5.85. The number of amides is 1. The average molecular weight is 284 g/mol. The summed E-state index contributed by atoms with van der Waals surface area (Å²) in [6.45, 7) is 3.96. The van der Waals surface area contributed by atoms with Crippen LogP contribution in [0.15, 0.2) is 0 Å². The Morgan fingerprint density at radius 2 is 2.10 bits per heavy atom. The molecule has 20 heavy (non-hydrogen) atoms. The van der Waals surface area contributed by atoms with Crippen molar-refractivity contribution < 1.29 is 14.6 Å². The van der Waals surface area contributed by atoms with Gasteiger partial charge in [-0.05, 0) is 31.6 Å². The van der Waals surface area contributed by atoms with Gasteiger partial charge in [0.05, 0.1) is 12.1 Å². The van der Waals surface area contributed by atoms with Crippen LogP contribution in [0.25, 0.3) is 0 Å². The Bertz CT molecular complexity index is 331. The Morgan fingerprint density at radius 3 is 2.75 bits per heavy atom. The number of rotatable bonds is 4. The van der Waals surface area contributed by atoms with Crippen molar-refractivity contribution >= 4 is 5.91 Å². The monoisotopic (exact) mass is 284 g/mol. The third-order valence-electron chi connectivity index (χ3n) is 5.02. The van der Waals surface area contributed by atoms with Gasteiger partial charge in [0.1, 0.15) is 0 Å². The number of aliphatic hydroxyl groups excluding tert-OH is 1. The Hall–Kier alpha value is -0.650. The van der Waals surface area contributed by atoms with Crippen LogP contribution in [0.3, 0.4) is 0 Å². The molecule has 116 valence electrons. The fourth-order valence-corrected chi connectivity index (χ4v) is 3.28. The van der Waals surface area contributed by atoms with Gasteiger partial charge in [-0.1, -0.05) is 19.8 Å². The highest BCUT2D eigenvalue weighted by Gasteiger charge is 2.36. The molecule has 2 aliphatic rings. The first-order valence-electron chi connectivity index (χ1n) is 7.82. The van der Waals surface area contributed by atoms with Crippen LogP contribution >= 0.6 is 0 Å². The fraction of sp³-hybridized carbons (Fsp3) is 0.933. The lowest BCUT2D eigenvalue weighted by atomic mass is 9.73. The summed E-state index contributed by atoms with van der Waals surface area (Å²) in [7, 11) is 0. The summed E-state index contributed by atoms with van der Waals surface area (Å²) in [5, 5.41) is 13.1. The molecule has 2 rings (SSSR count). The van der Waals surface area contributed by atoms with Crippen LogP contribution in [0.2, 0.25) is 0 Å². The van der Waals surface area contributed by atoms with E-state index in [-0.39, 0.29) is 23.3 Å². The van der Waals surface area contributed by atoms with Crippen LogP contribution in [0.1, 0.15) is 45.4 Å². The fourth-order valence-electron chi connectivity index (χ4n) is 3.28. The summed E-state index contributed by atoms with van der Waals surface area (Å²) in [6, 6.07) is -0.455. The molecule has 1 heterocycles. The van der Waals surface area contributed by atoms with Gasteiger partial charge < -0.3 is 20.9 Å². The van der Waals surface area contributed by atoms with Crippen LogP contribution in [0, 0.1) is 11.3 Å². The van der Waals surface area contributed by atoms with E-state index in [0.29, 0.717) is 19.8 Å². The minimum atomic E-state index is -0.455. The Morgan fingerprint density at radius 1 is 1.40 bits per heavy atom. The van der Waals surface area contributed by atoms with Gasteiger partial charge in [-0.3, -0.25) is 4.79 Å². The molecule has 3 unspecified atom stereocenters. The number of carbonyl (C=O) groups is 1. The third kappa shape index (κ3) is 3.71. The van der Waals surface area contributed by atoms with Gasteiger partial charge in [-0.15, -0.1) is 0 Å². The topological polar surface area (TPSA) is 84.6 Å². The van der Waals surface area contributed by atoms with E-state index in [1.165, 1.54) is 0 Å². The first-order chi connectivity index (χ1) is 9.53. The zero-order valence-electron chi connectivity index (χ0n) is 12.4. The lowest BCUT2D eigenvalue weighted by Gasteiger charge is -2.39. The molecule has 0 radical (unpaired) electrons. The number of carbonyl (C=O) groups excluding carboxylic acids is 1. The molecule has 5 heteroatoms. The van der Waals surface area contributed by atoms with Crippen molar-refractivity contribution in [1.29, 1.82) is 0 Å². The van der Waals surface area contributed by atoms with Crippen LogP contribution < -0.4 is 11.1 Å². The molecule has 0 bridgehead atoms. The first kappa shape index (κ1) is 15.7. The van der Waals surface area contributed by atoms with Crippen molar-refractivity contribution in [3.05, 3.63) is 0 Å². The summed E-state index contributed by atoms with van der Waals surface area (Å²) in [5.74, 6) is 0.128. The van der Waals surface area contributed by atoms with E-state index in [1.807, 2.05) is 0 Å². The Labute approximate surface area is 121 Å². The number of nitrogens with two attached hydrogens (primary N) is 1. The number of ether oxygens (including phenoxy) is 1. The van der Waals surface area contributed by atoms with Crippen molar-refractivity contribution in [3.63, 3.8) is 0 Å². The van der Waals surface area contributed by atoms with E-state index >= 15 is 0 Å². The van der Waals surface area contributed by atoms with Crippen molar-refractivity contribution in [3.8, 4) is 0 Å². The van der Waals surface area contributed by atoms with Crippen LogP contribution in [0.4, 0.5) is 0 Å². The van der Waals surface area contributed by atoms with Crippen LogP contribution in [-0.4, -0.2) is 42.9 Å². The maximum Gasteiger partial charge on any atom is 0.237 e. The van der Waals surface area contributed by atoms with Crippen molar-refractivity contribution in [2.75, 3.05) is 19.8 Å². The van der Waals surface area contributed by atoms with Gasteiger partial charge in [-0.25, -0.2) is 0 Å². The summed E-state index contributed by atoms with van der Waals surface area (Å²) in [6.07, 6.45) is 5.38. The molecular formula is C15H28N2O3. The maximum atomic E-state index is 12.2. The highest BCUT2D eigenvalue weighted by Crippen LogP contribution is 2.35. The minimum absolute atomic E-state index is 0.0871. The molecule has 1 saturated heterocycles. The molecule has 1 aliphatic heterocycles. The lowest BCUT2D eigenvalue weighted by Crippen LogP contribution is -2.51. The second-order valence-corrected chi connectivity index (χ2v) is 6.61. The average Bonchev–Trinajstić information content (AvgIpc) is 2.48. The molecule has 0 aromatic heterocycles. The van der Waals surface area contributed by atoms with Gasteiger partial charge in [0.25, 0.3) is 0 Å². The van der Waals surface area contributed by atoms with Crippen molar-refractivity contribution in [2.45, 2.75) is 57.6 Å². The SMILES string of the molecule is CC1(CNC(=O)C(N)C2CCOCC2)CCCCC1O. The Balaban J connectivity index is 1.81. The van der Waals surface area contributed by atoms with Gasteiger partial charge in [0.15, 0.2) is 0 Å². The highest BCUT2D eigenvalue weighted by atomic mass is 16.5. The number of hydrogen-bond donors (Lipinski definition) is 3. The van der Waals surface area contributed by atoms with Crippen LogP contribution in [-0.2, 0) is 9.53 Å². The second kappa shape index (κ2) is 6.87. The summed E-state index contributed by atoms with van der Waals surface area (Å²) < 4.78 is 5.29. The van der Waals surface area contributed by atoms with E-state index in [4.69, 9.17) is 10.5 Å². The number of aliphatic hydroxyl groups is 1. The van der Waals surface area contributed by atoms with Crippen molar-refractivity contribution in [1.82, 2.24) is 5.32 Å². The summed E-state index contributed by atoms with van der Waals surface area (Å²) >= 11 is 0. The van der Waals surface area contributed by atoms with E-state index < -0.39 is 6.04 Å². The van der Waals surface area contributed by atoms with Crippen LogP contribution in [0.5, 0.6) is 0 Å². The molecule has 0 aromatic rings. The molecule has 1 amide bonds. The predicted octanol–water partition coefficient (Wildman–Crippen LogP) is 0.798. The standard InChI is InChI=1S/C15H28N2O3/c1-15(7-3-2-4-12(15)18)10-17-14(19)13(16)11-5-8-20-9-6-11/h11-13,18H,2-10,16H2,1H3,(H,17,19). The molecule has 5 nitrogen and oxygen atoms in total. The van der Waals surface area contributed by atoms with Crippen molar-refractivity contribution in [2.24, 2.45) is 17.1 Å².